The third-order valence-electron chi connectivity index (χ3n) is 9.38. The molecule has 3 saturated heterocycles. The van der Waals surface area contributed by atoms with Crippen molar-refractivity contribution in [1.29, 1.82) is 0 Å². The van der Waals surface area contributed by atoms with Gasteiger partial charge in [-0.05, 0) is 63.2 Å². The predicted octanol–water partition coefficient (Wildman–Crippen LogP) is 5.63. The number of carbonyl (C=O) groups excluding carboxylic acids is 1. The second-order valence-corrected chi connectivity index (χ2v) is 12.8. The van der Waals surface area contributed by atoms with Crippen molar-refractivity contribution in [2.45, 2.75) is 43.8 Å². The Balaban J connectivity index is 1.22. The summed E-state index contributed by atoms with van der Waals surface area (Å²) in [5.74, 6) is 0.854. The third-order valence-corrected chi connectivity index (χ3v) is 9.67. The maximum Gasteiger partial charge on any atom is 0.247 e. The van der Waals surface area contributed by atoms with Gasteiger partial charge in [0.25, 0.3) is 0 Å². The Kier molecular flexibility index (Phi) is 10.1. The van der Waals surface area contributed by atoms with Gasteiger partial charge >= 0.3 is 0 Å². The van der Waals surface area contributed by atoms with E-state index in [1.165, 1.54) is 24.9 Å². The first-order valence-electron chi connectivity index (χ1n) is 16.0. The van der Waals surface area contributed by atoms with E-state index in [0.717, 1.165) is 50.3 Å². The molecule has 13 heteroatoms. The highest BCUT2D eigenvalue weighted by molar-refractivity contribution is 6.30. The van der Waals surface area contributed by atoms with E-state index < -0.39 is 5.82 Å². The molecule has 47 heavy (non-hydrogen) atoms. The lowest BCUT2D eigenvalue weighted by molar-refractivity contribution is -0.111. The maximum absolute atomic E-state index is 13.8. The average Bonchev–Trinajstić information content (AvgIpc) is 3.78. The van der Waals surface area contributed by atoms with E-state index in [1.807, 2.05) is 12.1 Å². The number of halogens is 2. The van der Waals surface area contributed by atoms with Crippen molar-refractivity contribution in [3.05, 3.63) is 71.8 Å². The van der Waals surface area contributed by atoms with E-state index in [9.17, 15) is 9.18 Å². The van der Waals surface area contributed by atoms with Crippen LogP contribution in [0.2, 0.25) is 5.02 Å². The van der Waals surface area contributed by atoms with Crippen LogP contribution in [0.3, 0.4) is 0 Å². The highest BCUT2D eigenvalue weighted by atomic mass is 35.5. The number of hydrogen-bond donors (Lipinski definition) is 2. The number of likely N-dealkylation sites (tertiary alicyclic amines) is 1. The van der Waals surface area contributed by atoms with Crippen LogP contribution in [0, 0.1) is 5.82 Å². The molecule has 0 saturated carbocycles. The standard InChI is InChI=1S/C34H42ClFN8O3/c1-5-34(45)40-27-17-28(31(46-4)18-30(27)42-12-8-23(9-13-42)43-14-10-24(20-43)41(2)3)39-32-19-33(38-21-37-32)44-29(11-15-47-44)22-6-7-26(36)25(35)16-22/h5-7,16-19,21,23-24,29H,1,8-15,20H2,2-4H3,(H,40,45)(H,37,38,39)/t24-,29+/m0/s1. The number of likely N-dealkylation sites (N-methyl/N-ethyl adjacent to an activating group) is 1. The maximum atomic E-state index is 13.8. The van der Waals surface area contributed by atoms with Crippen LogP contribution in [0.25, 0.3) is 0 Å². The average molecular weight is 665 g/mol. The summed E-state index contributed by atoms with van der Waals surface area (Å²) in [4.78, 5) is 34.6. The van der Waals surface area contributed by atoms with E-state index in [1.54, 1.807) is 30.4 Å². The molecule has 0 aliphatic carbocycles. The molecule has 2 N–H and O–H groups in total. The van der Waals surface area contributed by atoms with Crippen LogP contribution in [0.5, 0.6) is 5.75 Å². The second-order valence-electron chi connectivity index (χ2n) is 12.4. The van der Waals surface area contributed by atoms with Crippen molar-refractivity contribution in [3.8, 4) is 5.75 Å². The van der Waals surface area contributed by atoms with Crippen LogP contribution in [-0.2, 0) is 9.63 Å². The van der Waals surface area contributed by atoms with Gasteiger partial charge in [-0.2, -0.15) is 0 Å². The smallest absolute Gasteiger partial charge is 0.247 e. The Morgan fingerprint density at radius 2 is 1.91 bits per heavy atom. The number of rotatable bonds is 10. The van der Waals surface area contributed by atoms with Crippen molar-refractivity contribution in [1.82, 2.24) is 19.8 Å². The first-order chi connectivity index (χ1) is 22.7. The molecule has 0 unspecified atom stereocenters. The van der Waals surface area contributed by atoms with Gasteiger partial charge in [-0.15, -0.1) is 0 Å². The second kappa shape index (κ2) is 14.4. The molecule has 3 aromatic rings. The molecule has 3 aliphatic heterocycles. The van der Waals surface area contributed by atoms with Crippen molar-refractivity contribution < 1.29 is 18.8 Å². The number of nitrogens with zero attached hydrogens (tertiary/aromatic N) is 6. The Morgan fingerprint density at radius 3 is 2.62 bits per heavy atom. The minimum Gasteiger partial charge on any atom is -0.494 e. The molecular formula is C34H42ClFN8O3. The van der Waals surface area contributed by atoms with E-state index in [2.05, 4.69) is 56.0 Å². The molecular weight excluding hydrogens is 623 g/mol. The van der Waals surface area contributed by atoms with Gasteiger partial charge in [-0.25, -0.2) is 19.4 Å². The SMILES string of the molecule is C=CC(=O)Nc1cc(Nc2cc(N3OCC[C@@H]3c3ccc(F)c(Cl)c3)ncn2)c(OC)cc1N1CCC(N2CC[C@H](N(C)C)C2)CC1. The molecule has 2 atom stereocenters. The molecule has 1 aromatic heterocycles. The summed E-state index contributed by atoms with van der Waals surface area (Å²) in [6.07, 6.45) is 6.69. The lowest BCUT2D eigenvalue weighted by Crippen LogP contribution is -2.45. The minimum atomic E-state index is -0.470. The number of anilines is 5. The number of hydrogen-bond acceptors (Lipinski definition) is 10. The van der Waals surface area contributed by atoms with Gasteiger partial charge in [0.1, 0.15) is 23.7 Å². The Morgan fingerprint density at radius 1 is 1.11 bits per heavy atom. The molecule has 250 valence electrons. The Labute approximate surface area is 280 Å². The summed E-state index contributed by atoms with van der Waals surface area (Å²) >= 11 is 6.07. The Hall–Kier alpha value is -3.97. The summed E-state index contributed by atoms with van der Waals surface area (Å²) < 4.78 is 19.7. The van der Waals surface area contributed by atoms with Gasteiger partial charge in [0.15, 0.2) is 5.82 Å². The highest BCUT2D eigenvalue weighted by Gasteiger charge is 2.33. The molecule has 1 amide bonds. The highest BCUT2D eigenvalue weighted by Crippen LogP contribution is 2.41. The lowest BCUT2D eigenvalue weighted by Gasteiger charge is -2.39. The van der Waals surface area contributed by atoms with Gasteiger partial charge in [-0.3, -0.25) is 14.5 Å². The van der Waals surface area contributed by atoms with Crippen molar-refractivity contribution >= 4 is 46.2 Å². The molecule has 0 radical (unpaired) electrons. The molecule has 3 fully saturated rings. The molecule has 11 nitrogen and oxygen atoms in total. The normalized spacial score (nSPS) is 20.6. The van der Waals surface area contributed by atoms with Gasteiger partial charge in [0, 0.05) is 56.8 Å². The first kappa shape index (κ1) is 33.0. The summed E-state index contributed by atoms with van der Waals surface area (Å²) in [6.45, 7) is 8.10. The number of aromatic nitrogens is 2. The van der Waals surface area contributed by atoms with E-state index in [0.29, 0.717) is 53.9 Å². The summed E-state index contributed by atoms with van der Waals surface area (Å²) in [5, 5.41) is 8.09. The number of carbonyl (C=O) groups is 1. The number of nitrogens with one attached hydrogen (secondary N) is 2. The lowest BCUT2D eigenvalue weighted by atomic mass is 10.0. The number of methoxy groups -OCH3 is 1. The molecule has 2 aromatic carbocycles. The van der Waals surface area contributed by atoms with Crippen LogP contribution in [0.1, 0.15) is 37.3 Å². The van der Waals surface area contributed by atoms with E-state index in [4.69, 9.17) is 21.2 Å². The van der Waals surface area contributed by atoms with Crippen LogP contribution in [-0.4, -0.2) is 91.7 Å². The number of hydroxylamine groups is 1. The number of benzene rings is 2. The zero-order valence-corrected chi connectivity index (χ0v) is 27.8. The topological polar surface area (TPSA) is 98.3 Å². The predicted molar refractivity (Wildman–Crippen MR) is 183 cm³/mol. The van der Waals surface area contributed by atoms with E-state index in [-0.39, 0.29) is 17.0 Å². The fourth-order valence-corrected chi connectivity index (χ4v) is 6.95. The summed E-state index contributed by atoms with van der Waals surface area (Å²) in [6, 6.07) is 11.2. The van der Waals surface area contributed by atoms with Crippen LogP contribution in [0.4, 0.5) is 33.1 Å². The quantitative estimate of drug-likeness (QED) is 0.265. The molecule has 0 spiro atoms. The first-order valence-corrected chi connectivity index (χ1v) is 16.4. The minimum absolute atomic E-state index is 0.0587. The van der Waals surface area contributed by atoms with Crippen LogP contribution < -0.4 is 25.3 Å². The fourth-order valence-electron chi connectivity index (χ4n) is 6.77. The Bertz CT molecular complexity index is 1600. The summed E-state index contributed by atoms with van der Waals surface area (Å²) in [7, 11) is 5.94. The third kappa shape index (κ3) is 7.30. The van der Waals surface area contributed by atoms with Crippen LogP contribution in [0.15, 0.2) is 55.4 Å². The summed E-state index contributed by atoms with van der Waals surface area (Å²) in [5.41, 5.74) is 2.98. The van der Waals surface area contributed by atoms with Gasteiger partial charge in [0.2, 0.25) is 5.91 Å². The monoisotopic (exact) mass is 664 g/mol. The van der Waals surface area contributed by atoms with Gasteiger partial charge in [0.05, 0.1) is 41.8 Å². The largest absolute Gasteiger partial charge is 0.494 e. The van der Waals surface area contributed by atoms with Crippen molar-refractivity contribution in [3.63, 3.8) is 0 Å². The van der Waals surface area contributed by atoms with Crippen LogP contribution >= 0.6 is 11.6 Å². The van der Waals surface area contributed by atoms with E-state index >= 15 is 0 Å². The van der Waals surface area contributed by atoms with Gasteiger partial charge < -0.3 is 25.2 Å². The number of piperidine rings is 1. The number of amides is 1. The van der Waals surface area contributed by atoms with Gasteiger partial charge in [-0.1, -0.05) is 24.2 Å². The van der Waals surface area contributed by atoms with Crippen molar-refractivity contribution in [2.75, 3.05) is 74.6 Å². The fraction of sp³-hybridized carbons (Fsp3) is 0.441. The zero-order chi connectivity index (χ0) is 33.1. The molecule has 3 aliphatic rings. The zero-order valence-electron chi connectivity index (χ0n) is 27.1. The molecule has 4 heterocycles. The van der Waals surface area contributed by atoms with Crippen molar-refractivity contribution in [2.24, 2.45) is 0 Å². The molecule has 0 bridgehead atoms. The molecule has 6 rings (SSSR count). The number of ether oxygens (including phenoxy) is 1.